The third-order valence-corrected chi connectivity index (χ3v) is 3.09. The van der Waals surface area contributed by atoms with E-state index in [0.717, 1.165) is 29.9 Å². The minimum Gasteiger partial charge on any atom is -0.310 e. The summed E-state index contributed by atoms with van der Waals surface area (Å²) in [7, 11) is 0. The van der Waals surface area contributed by atoms with E-state index in [-0.39, 0.29) is 6.54 Å². The molecule has 0 unspecified atom stereocenters. The molecule has 1 N–H and O–H groups in total. The summed E-state index contributed by atoms with van der Waals surface area (Å²) in [5.41, 5.74) is 2.27. The molecule has 1 aromatic heterocycles. The monoisotopic (exact) mass is 279 g/mol. The fraction of sp³-hybridized carbons (Fsp3) is 0.400. The van der Waals surface area contributed by atoms with Crippen molar-refractivity contribution in [3.63, 3.8) is 0 Å². The number of hydrogen-bond donors (Lipinski definition) is 1. The van der Waals surface area contributed by atoms with Crippen molar-refractivity contribution in [3.8, 4) is 0 Å². The third-order valence-electron chi connectivity index (χ3n) is 3.09. The van der Waals surface area contributed by atoms with Crippen LogP contribution in [0.5, 0.6) is 0 Å². The first-order chi connectivity index (χ1) is 9.45. The zero-order valence-electron chi connectivity index (χ0n) is 12.0. The number of nitrogens with zero attached hydrogens (tertiary/aromatic N) is 2. The Hall–Kier alpha value is -1.75. The van der Waals surface area contributed by atoms with Crippen LogP contribution in [0.1, 0.15) is 30.7 Å². The summed E-state index contributed by atoms with van der Waals surface area (Å²) in [5, 5.41) is 7.66. The van der Waals surface area contributed by atoms with Crippen LogP contribution in [0, 0.1) is 18.6 Å². The summed E-state index contributed by atoms with van der Waals surface area (Å²) in [4.78, 5) is 0. The largest absolute Gasteiger partial charge is 0.310 e. The first kappa shape index (κ1) is 14.7. The lowest BCUT2D eigenvalue weighted by Gasteiger charge is -2.06. The second-order valence-corrected chi connectivity index (χ2v) is 5.21. The number of rotatable bonds is 5. The summed E-state index contributed by atoms with van der Waals surface area (Å²) >= 11 is 0. The average Bonchev–Trinajstić information content (AvgIpc) is 2.72. The van der Waals surface area contributed by atoms with Gasteiger partial charge in [-0.1, -0.05) is 13.8 Å². The van der Waals surface area contributed by atoms with Gasteiger partial charge < -0.3 is 5.32 Å². The van der Waals surface area contributed by atoms with Gasteiger partial charge in [0.25, 0.3) is 0 Å². The Kier molecular flexibility index (Phi) is 4.49. The molecule has 0 aliphatic heterocycles. The van der Waals surface area contributed by atoms with Crippen LogP contribution >= 0.6 is 0 Å². The standard InChI is InChI=1S/C15H19F2N3/c1-10(2)18-7-13-9-20(19-11(13)3)8-12-6-14(16)4-5-15(12)17/h4-6,9-10,18H,7-8H2,1-3H3. The average molecular weight is 279 g/mol. The Morgan fingerprint density at radius 3 is 2.70 bits per heavy atom. The lowest BCUT2D eigenvalue weighted by atomic mass is 10.2. The van der Waals surface area contributed by atoms with Crippen LogP contribution in [-0.2, 0) is 13.1 Å². The molecule has 0 saturated carbocycles. The van der Waals surface area contributed by atoms with Crippen LogP contribution in [0.4, 0.5) is 8.78 Å². The molecule has 1 aromatic carbocycles. The molecule has 5 heteroatoms. The molecule has 0 radical (unpaired) electrons. The van der Waals surface area contributed by atoms with E-state index in [1.807, 2.05) is 13.1 Å². The first-order valence-corrected chi connectivity index (χ1v) is 6.66. The molecule has 0 aliphatic rings. The van der Waals surface area contributed by atoms with Crippen LogP contribution in [0.25, 0.3) is 0 Å². The number of benzene rings is 1. The van der Waals surface area contributed by atoms with Crippen molar-refractivity contribution in [1.82, 2.24) is 15.1 Å². The van der Waals surface area contributed by atoms with Gasteiger partial charge in [-0.3, -0.25) is 4.68 Å². The summed E-state index contributed by atoms with van der Waals surface area (Å²) in [6.07, 6.45) is 1.87. The topological polar surface area (TPSA) is 29.9 Å². The molecule has 0 fully saturated rings. The van der Waals surface area contributed by atoms with Gasteiger partial charge in [-0.15, -0.1) is 0 Å². The van der Waals surface area contributed by atoms with Crippen molar-refractivity contribution in [2.45, 2.75) is 39.9 Å². The van der Waals surface area contributed by atoms with E-state index >= 15 is 0 Å². The van der Waals surface area contributed by atoms with E-state index in [4.69, 9.17) is 0 Å². The zero-order valence-corrected chi connectivity index (χ0v) is 12.0. The van der Waals surface area contributed by atoms with Gasteiger partial charge in [0, 0.05) is 29.9 Å². The Labute approximate surface area is 117 Å². The fourth-order valence-electron chi connectivity index (χ4n) is 1.97. The van der Waals surface area contributed by atoms with Crippen molar-refractivity contribution in [3.05, 3.63) is 52.9 Å². The molecule has 0 aliphatic carbocycles. The van der Waals surface area contributed by atoms with E-state index in [9.17, 15) is 8.78 Å². The molecule has 2 aromatic rings. The normalized spacial score (nSPS) is 11.3. The minimum atomic E-state index is -0.438. The van der Waals surface area contributed by atoms with Crippen LogP contribution < -0.4 is 5.32 Å². The van der Waals surface area contributed by atoms with Gasteiger partial charge in [-0.25, -0.2) is 8.78 Å². The van der Waals surface area contributed by atoms with Gasteiger partial charge in [0.15, 0.2) is 0 Å². The van der Waals surface area contributed by atoms with Gasteiger partial charge in [0.2, 0.25) is 0 Å². The van der Waals surface area contributed by atoms with E-state index in [2.05, 4.69) is 24.3 Å². The summed E-state index contributed by atoms with van der Waals surface area (Å²) in [6.45, 7) is 7.00. The van der Waals surface area contributed by atoms with Gasteiger partial charge in [-0.05, 0) is 25.1 Å². The van der Waals surface area contributed by atoms with Crippen molar-refractivity contribution in [2.24, 2.45) is 0 Å². The number of nitrogens with one attached hydrogen (secondary N) is 1. The molecule has 0 amide bonds. The van der Waals surface area contributed by atoms with Crippen molar-refractivity contribution in [1.29, 1.82) is 0 Å². The van der Waals surface area contributed by atoms with Crippen molar-refractivity contribution in [2.75, 3.05) is 0 Å². The van der Waals surface area contributed by atoms with Crippen LogP contribution in [-0.4, -0.2) is 15.8 Å². The lowest BCUT2D eigenvalue weighted by Crippen LogP contribution is -2.21. The molecule has 0 spiro atoms. The molecule has 0 saturated heterocycles. The molecular weight excluding hydrogens is 260 g/mol. The highest BCUT2D eigenvalue weighted by Crippen LogP contribution is 2.13. The van der Waals surface area contributed by atoms with Crippen molar-refractivity contribution < 1.29 is 8.78 Å². The molecule has 0 atom stereocenters. The number of halogens is 2. The van der Waals surface area contributed by atoms with Crippen LogP contribution in [0.15, 0.2) is 24.4 Å². The van der Waals surface area contributed by atoms with Gasteiger partial charge in [0.1, 0.15) is 11.6 Å². The highest BCUT2D eigenvalue weighted by atomic mass is 19.1. The molecule has 108 valence electrons. The van der Waals surface area contributed by atoms with E-state index in [1.165, 1.54) is 6.07 Å². The molecule has 0 bridgehead atoms. The smallest absolute Gasteiger partial charge is 0.128 e. The SMILES string of the molecule is Cc1nn(Cc2cc(F)ccc2F)cc1CNC(C)C. The summed E-state index contributed by atoms with van der Waals surface area (Å²) < 4.78 is 28.4. The molecular formula is C15H19F2N3. The Morgan fingerprint density at radius 1 is 1.25 bits per heavy atom. The summed E-state index contributed by atoms with van der Waals surface area (Å²) in [5.74, 6) is -0.853. The van der Waals surface area contributed by atoms with E-state index in [0.29, 0.717) is 11.6 Å². The Bertz CT molecular complexity index is 591. The molecule has 1 heterocycles. The highest BCUT2D eigenvalue weighted by Gasteiger charge is 2.09. The molecule has 2 rings (SSSR count). The van der Waals surface area contributed by atoms with Crippen LogP contribution in [0.2, 0.25) is 0 Å². The van der Waals surface area contributed by atoms with E-state index < -0.39 is 11.6 Å². The quantitative estimate of drug-likeness (QED) is 0.911. The predicted octanol–water partition coefficient (Wildman–Crippen LogP) is 3.02. The number of hydrogen-bond acceptors (Lipinski definition) is 2. The second kappa shape index (κ2) is 6.13. The maximum absolute atomic E-state index is 13.6. The van der Waals surface area contributed by atoms with E-state index in [1.54, 1.807) is 4.68 Å². The minimum absolute atomic E-state index is 0.228. The zero-order chi connectivity index (χ0) is 14.7. The Morgan fingerprint density at radius 2 is 2.00 bits per heavy atom. The molecule has 3 nitrogen and oxygen atoms in total. The maximum Gasteiger partial charge on any atom is 0.128 e. The number of aryl methyl sites for hydroxylation is 1. The Balaban J connectivity index is 2.14. The number of aromatic nitrogens is 2. The van der Waals surface area contributed by atoms with Crippen molar-refractivity contribution >= 4 is 0 Å². The van der Waals surface area contributed by atoms with Gasteiger partial charge in [0.05, 0.1) is 12.2 Å². The first-order valence-electron chi connectivity index (χ1n) is 6.66. The predicted molar refractivity (Wildman–Crippen MR) is 74.4 cm³/mol. The maximum atomic E-state index is 13.6. The van der Waals surface area contributed by atoms with Gasteiger partial charge >= 0.3 is 0 Å². The van der Waals surface area contributed by atoms with Crippen LogP contribution in [0.3, 0.4) is 0 Å². The third kappa shape index (κ3) is 3.63. The second-order valence-electron chi connectivity index (χ2n) is 5.21. The lowest BCUT2D eigenvalue weighted by molar-refractivity contribution is 0.565. The summed E-state index contributed by atoms with van der Waals surface area (Å²) in [6, 6.07) is 3.85. The van der Waals surface area contributed by atoms with Gasteiger partial charge in [-0.2, -0.15) is 5.10 Å². The fourth-order valence-corrected chi connectivity index (χ4v) is 1.97. The highest BCUT2D eigenvalue weighted by molar-refractivity contribution is 5.21. The molecule has 20 heavy (non-hydrogen) atoms.